The fraction of sp³-hybridized carbons (Fsp3) is 0.357. The molecule has 0 unspecified atom stereocenters. The molecule has 0 radical (unpaired) electrons. The average Bonchev–Trinajstić information content (AvgIpc) is 3.61. The Balaban J connectivity index is 1.64. The van der Waals surface area contributed by atoms with E-state index in [1.165, 1.54) is 18.3 Å². The van der Waals surface area contributed by atoms with Crippen molar-refractivity contribution in [3.63, 3.8) is 0 Å². The number of aromatic nitrogens is 1. The number of rotatable bonds is 8. The third-order valence-electron chi connectivity index (χ3n) is 6.62. The van der Waals surface area contributed by atoms with Crippen molar-refractivity contribution >= 4 is 32.1 Å². The van der Waals surface area contributed by atoms with E-state index in [2.05, 4.69) is 53.4 Å². The second-order valence-corrected chi connectivity index (χ2v) is 13.3. The predicted molar refractivity (Wildman–Crippen MR) is 149 cm³/mol. The first-order valence-electron chi connectivity index (χ1n) is 12.8. The normalized spacial score (nSPS) is 16.4. The SMILES string of the molecule is CC(C)(C)CNc1c(C#N)cnc2c(S(C)(=O)=O)cc(N[C@H](C3=CN(C4CC4)NN3)c3ccc(F)cc3)cc12. The Morgan fingerprint density at radius 3 is 2.56 bits per heavy atom. The van der Waals surface area contributed by atoms with Crippen LogP contribution in [0.1, 0.15) is 50.8 Å². The molecule has 1 atom stereocenters. The number of nitrogens with zero attached hydrogens (tertiary/aromatic N) is 3. The molecule has 9 nitrogen and oxygen atoms in total. The summed E-state index contributed by atoms with van der Waals surface area (Å²) in [6.07, 6.45) is 6.70. The number of nitriles is 1. The van der Waals surface area contributed by atoms with E-state index in [9.17, 15) is 18.1 Å². The van der Waals surface area contributed by atoms with Crippen LogP contribution in [-0.4, -0.2) is 37.3 Å². The van der Waals surface area contributed by atoms with Gasteiger partial charge in [-0.15, -0.1) is 5.53 Å². The molecule has 1 aliphatic carbocycles. The lowest BCUT2D eigenvalue weighted by Crippen LogP contribution is -2.38. The molecule has 11 heteroatoms. The zero-order chi connectivity index (χ0) is 27.9. The molecule has 0 spiro atoms. The molecule has 2 aliphatic rings. The molecule has 1 aromatic heterocycles. The van der Waals surface area contributed by atoms with Gasteiger partial charge in [0, 0.05) is 42.3 Å². The molecule has 1 saturated carbocycles. The van der Waals surface area contributed by atoms with E-state index in [0.29, 0.717) is 34.9 Å². The Hall–Kier alpha value is -3.88. The summed E-state index contributed by atoms with van der Waals surface area (Å²) in [5.41, 5.74) is 9.51. The summed E-state index contributed by atoms with van der Waals surface area (Å²) >= 11 is 0. The molecule has 3 aromatic rings. The number of sulfone groups is 1. The lowest BCUT2D eigenvalue weighted by atomic mass is 9.96. The number of hydrogen-bond acceptors (Lipinski definition) is 9. The van der Waals surface area contributed by atoms with Gasteiger partial charge in [-0.3, -0.25) is 9.99 Å². The van der Waals surface area contributed by atoms with Crippen molar-refractivity contribution in [3.05, 3.63) is 71.4 Å². The first-order chi connectivity index (χ1) is 18.4. The molecule has 39 heavy (non-hydrogen) atoms. The predicted octanol–water partition coefficient (Wildman–Crippen LogP) is 4.59. The van der Waals surface area contributed by atoms with Crippen LogP contribution in [-0.2, 0) is 9.84 Å². The van der Waals surface area contributed by atoms with Gasteiger partial charge in [0.1, 0.15) is 11.9 Å². The molecule has 1 fully saturated rings. The fourth-order valence-electron chi connectivity index (χ4n) is 4.47. The van der Waals surface area contributed by atoms with Crippen molar-refractivity contribution in [2.75, 3.05) is 23.4 Å². The largest absolute Gasteiger partial charge is 0.383 e. The first kappa shape index (κ1) is 26.7. The summed E-state index contributed by atoms with van der Waals surface area (Å²) in [4.78, 5) is 4.42. The molecule has 2 aromatic carbocycles. The minimum absolute atomic E-state index is 0.0507. The van der Waals surface area contributed by atoms with E-state index in [1.54, 1.807) is 24.3 Å². The van der Waals surface area contributed by atoms with Crippen LogP contribution < -0.4 is 21.6 Å². The maximum atomic E-state index is 13.8. The third-order valence-corrected chi connectivity index (χ3v) is 7.74. The molecule has 1 aliphatic heterocycles. The minimum Gasteiger partial charge on any atom is -0.383 e. The summed E-state index contributed by atoms with van der Waals surface area (Å²) < 4.78 is 39.6. The lowest BCUT2D eigenvalue weighted by molar-refractivity contribution is 0.260. The van der Waals surface area contributed by atoms with Gasteiger partial charge in [0.05, 0.1) is 33.4 Å². The van der Waals surface area contributed by atoms with Crippen LogP contribution in [0.15, 0.2) is 59.4 Å². The second-order valence-electron chi connectivity index (χ2n) is 11.3. The number of pyridine rings is 1. The van der Waals surface area contributed by atoms with E-state index in [4.69, 9.17) is 0 Å². The van der Waals surface area contributed by atoms with Gasteiger partial charge in [0.15, 0.2) is 9.84 Å². The van der Waals surface area contributed by atoms with Crippen molar-refractivity contribution in [1.82, 2.24) is 21.0 Å². The summed E-state index contributed by atoms with van der Waals surface area (Å²) in [5.74, 6) is -0.349. The van der Waals surface area contributed by atoms with E-state index in [0.717, 1.165) is 30.4 Å². The number of nitrogens with one attached hydrogen (secondary N) is 4. The van der Waals surface area contributed by atoms with E-state index < -0.39 is 15.9 Å². The summed E-state index contributed by atoms with van der Waals surface area (Å²) in [7, 11) is -3.68. The number of halogens is 1. The Bertz CT molecular complexity index is 1590. The van der Waals surface area contributed by atoms with Crippen LogP contribution in [0.2, 0.25) is 0 Å². The molecular formula is C28H32FN7O2S. The summed E-state index contributed by atoms with van der Waals surface area (Å²) in [6.45, 7) is 6.76. The van der Waals surface area contributed by atoms with Gasteiger partial charge in [0.2, 0.25) is 0 Å². The van der Waals surface area contributed by atoms with Gasteiger partial charge in [-0.05, 0) is 48.1 Å². The van der Waals surface area contributed by atoms with E-state index in [1.807, 2.05) is 11.2 Å². The minimum atomic E-state index is -3.68. The molecule has 0 bridgehead atoms. The third kappa shape index (κ3) is 5.92. The van der Waals surface area contributed by atoms with Gasteiger partial charge in [-0.25, -0.2) is 12.8 Å². The van der Waals surface area contributed by atoms with Gasteiger partial charge in [0.25, 0.3) is 0 Å². The van der Waals surface area contributed by atoms with Gasteiger partial charge in [-0.1, -0.05) is 32.9 Å². The van der Waals surface area contributed by atoms with E-state index >= 15 is 0 Å². The van der Waals surface area contributed by atoms with Crippen molar-refractivity contribution in [2.24, 2.45) is 5.41 Å². The van der Waals surface area contributed by atoms with Crippen LogP contribution in [0.25, 0.3) is 10.9 Å². The monoisotopic (exact) mass is 549 g/mol. The number of fused-ring (bicyclic) bond motifs is 1. The van der Waals surface area contributed by atoms with Crippen molar-refractivity contribution in [2.45, 2.75) is 50.6 Å². The highest BCUT2D eigenvalue weighted by Gasteiger charge is 2.32. The average molecular weight is 550 g/mol. The molecule has 204 valence electrons. The summed E-state index contributed by atoms with van der Waals surface area (Å²) in [6, 6.07) is 11.7. The van der Waals surface area contributed by atoms with Crippen LogP contribution in [0.4, 0.5) is 15.8 Å². The number of hydrazine groups is 2. The van der Waals surface area contributed by atoms with Crippen LogP contribution in [0, 0.1) is 22.6 Å². The first-order valence-corrected chi connectivity index (χ1v) is 14.7. The number of hydrogen-bond donors (Lipinski definition) is 4. The number of anilines is 2. The second kappa shape index (κ2) is 10.0. The van der Waals surface area contributed by atoms with E-state index in [-0.39, 0.29) is 21.6 Å². The topological polar surface area (TPSA) is 122 Å². The van der Waals surface area contributed by atoms with Gasteiger partial charge in [-0.2, -0.15) is 5.26 Å². The quantitative estimate of drug-likeness (QED) is 0.320. The molecule has 0 amide bonds. The summed E-state index contributed by atoms with van der Waals surface area (Å²) in [5, 5.41) is 19.2. The Labute approximate surface area is 228 Å². The molecule has 0 saturated heterocycles. The Kier molecular flexibility index (Phi) is 6.86. The lowest BCUT2D eigenvalue weighted by Gasteiger charge is -2.24. The maximum absolute atomic E-state index is 13.8. The van der Waals surface area contributed by atoms with Crippen molar-refractivity contribution in [3.8, 4) is 6.07 Å². The van der Waals surface area contributed by atoms with Gasteiger partial charge >= 0.3 is 0 Å². The molecule has 4 N–H and O–H groups in total. The number of benzene rings is 2. The Morgan fingerprint density at radius 2 is 1.95 bits per heavy atom. The smallest absolute Gasteiger partial charge is 0.177 e. The Morgan fingerprint density at radius 1 is 1.23 bits per heavy atom. The highest BCUT2D eigenvalue weighted by molar-refractivity contribution is 7.91. The fourth-order valence-corrected chi connectivity index (χ4v) is 5.32. The molecule has 2 heterocycles. The zero-order valence-corrected chi connectivity index (χ0v) is 23.2. The van der Waals surface area contributed by atoms with Crippen LogP contribution >= 0.6 is 0 Å². The molecular weight excluding hydrogens is 517 g/mol. The zero-order valence-electron chi connectivity index (χ0n) is 22.3. The van der Waals surface area contributed by atoms with Gasteiger partial charge < -0.3 is 16.1 Å². The van der Waals surface area contributed by atoms with Crippen LogP contribution in [0.5, 0.6) is 0 Å². The maximum Gasteiger partial charge on any atom is 0.177 e. The van der Waals surface area contributed by atoms with Crippen molar-refractivity contribution in [1.29, 1.82) is 5.26 Å². The molecule has 5 rings (SSSR count). The highest BCUT2D eigenvalue weighted by Crippen LogP contribution is 2.37. The highest BCUT2D eigenvalue weighted by atomic mass is 32.2. The van der Waals surface area contributed by atoms with Crippen LogP contribution in [0.3, 0.4) is 0 Å². The standard InChI is InChI=1S/C28H32FN7O2S/c1-28(2,3)16-32-25-18(13-30)14-31-27-22(25)11-20(12-24(27)39(4,37)38)33-26(17-5-7-19(29)8-6-17)23-15-36(35-34-23)21-9-10-21/h5-8,11-12,14-15,21,26,33-35H,9-10,16H2,1-4H3,(H,31,32)/t26-/m0/s1. The van der Waals surface area contributed by atoms with Crippen molar-refractivity contribution < 1.29 is 12.8 Å².